The second-order valence-electron chi connectivity index (χ2n) is 7.23. The Morgan fingerprint density at radius 3 is 2.09 bits per heavy atom. The Labute approximate surface area is 202 Å². The summed E-state index contributed by atoms with van der Waals surface area (Å²) in [6, 6.07) is 13.3. The molecule has 9 nitrogen and oxygen atoms in total. The van der Waals surface area contributed by atoms with Gasteiger partial charge in [-0.1, -0.05) is 0 Å². The molecule has 1 aliphatic heterocycles. The van der Waals surface area contributed by atoms with Crippen molar-refractivity contribution < 1.29 is 41.1 Å². The van der Waals surface area contributed by atoms with E-state index in [-0.39, 0.29) is 33.5 Å². The first-order valence-electron chi connectivity index (χ1n) is 10.3. The molecule has 0 saturated carbocycles. The minimum Gasteiger partial charge on any atom is -0.497 e. The monoisotopic (exact) mass is 498 g/mol. The fourth-order valence-corrected chi connectivity index (χ4v) is 4.44. The SMILES string of the molecule is COc1ccc(S(=O)(=O)Oc2ccc3c(c2)OC(=Cc2ccc(OC)c(OC)c2OC)C3=O)cc1. The molecule has 35 heavy (non-hydrogen) atoms. The topological polar surface area (TPSA) is 107 Å². The fourth-order valence-electron chi connectivity index (χ4n) is 3.52. The van der Waals surface area contributed by atoms with Crippen molar-refractivity contribution in [3.8, 4) is 34.5 Å². The van der Waals surface area contributed by atoms with Gasteiger partial charge in [-0.3, -0.25) is 4.79 Å². The van der Waals surface area contributed by atoms with Crippen molar-refractivity contribution in [3.05, 3.63) is 71.5 Å². The van der Waals surface area contributed by atoms with Crippen molar-refractivity contribution in [1.82, 2.24) is 0 Å². The van der Waals surface area contributed by atoms with E-state index < -0.39 is 10.1 Å². The lowest BCUT2D eigenvalue weighted by Gasteiger charge is -2.14. The van der Waals surface area contributed by atoms with Gasteiger partial charge in [0.25, 0.3) is 0 Å². The Balaban J connectivity index is 1.61. The maximum Gasteiger partial charge on any atom is 0.339 e. The number of hydrogen-bond donors (Lipinski definition) is 0. The lowest BCUT2D eigenvalue weighted by molar-refractivity contribution is 0.101. The summed E-state index contributed by atoms with van der Waals surface area (Å²) in [5.41, 5.74) is 0.796. The smallest absolute Gasteiger partial charge is 0.339 e. The molecule has 0 bridgehead atoms. The van der Waals surface area contributed by atoms with Crippen LogP contribution in [0, 0.1) is 0 Å². The number of fused-ring (bicyclic) bond motifs is 1. The van der Waals surface area contributed by atoms with Crippen LogP contribution >= 0.6 is 0 Å². The number of rotatable bonds is 8. The van der Waals surface area contributed by atoms with Crippen molar-refractivity contribution in [2.24, 2.45) is 0 Å². The summed E-state index contributed by atoms with van der Waals surface area (Å²) >= 11 is 0. The van der Waals surface area contributed by atoms with Gasteiger partial charge in [-0.2, -0.15) is 8.42 Å². The van der Waals surface area contributed by atoms with Crippen LogP contribution in [0.5, 0.6) is 34.5 Å². The van der Waals surface area contributed by atoms with Crippen molar-refractivity contribution in [3.63, 3.8) is 0 Å². The summed E-state index contributed by atoms with van der Waals surface area (Å²) < 4.78 is 57.4. The Morgan fingerprint density at radius 1 is 0.771 bits per heavy atom. The molecule has 4 rings (SSSR count). The van der Waals surface area contributed by atoms with Gasteiger partial charge in [0.2, 0.25) is 11.5 Å². The van der Waals surface area contributed by atoms with Crippen LogP contribution < -0.4 is 27.9 Å². The highest BCUT2D eigenvalue weighted by Gasteiger charge is 2.29. The maximum atomic E-state index is 12.9. The van der Waals surface area contributed by atoms with E-state index in [1.54, 1.807) is 12.1 Å². The summed E-state index contributed by atoms with van der Waals surface area (Å²) in [4.78, 5) is 12.9. The van der Waals surface area contributed by atoms with Crippen LogP contribution in [0.2, 0.25) is 0 Å². The molecule has 3 aromatic carbocycles. The average molecular weight is 499 g/mol. The second kappa shape index (κ2) is 9.59. The number of Topliss-reactive ketones (excluding diaryl/α,β-unsaturated/α-hetero) is 1. The van der Waals surface area contributed by atoms with E-state index in [2.05, 4.69) is 0 Å². The Morgan fingerprint density at radius 2 is 1.46 bits per heavy atom. The molecule has 0 unspecified atom stereocenters. The van der Waals surface area contributed by atoms with Crippen LogP contribution in [0.25, 0.3) is 6.08 Å². The molecule has 0 N–H and O–H groups in total. The predicted octanol–water partition coefficient (Wildman–Crippen LogP) is 4.10. The number of carbonyl (C=O) groups excluding carboxylic acids is 1. The number of allylic oxidation sites excluding steroid dienone is 1. The molecule has 0 radical (unpaired) electrons. The largest absolute Gasteiger partial charge is 0.497 e. The van der Waals surface area contributed by atoms with Gasteiger partial charge in [0.1, 0.15) is 22.1 Å². The second-order valence-corrected chi connectivity index (χ2v) is 8.78. The third kappa shape index (κ3) is 4.60. The molecule has 182 valence electrons. The van der Waals surface area contributed by atoms with E-state index in [0.29, 0.717) is 28.6 Å². The van der Waals surface area contributed by atoms with Gasteiger partial charge in [-0.25, -0.2) is 0 Å². The number of carbonyl (C=O) groups is 1. The quantitative estimate of drug-likeness (QED) is 0.335. The van der Waals surface area contributed by atoms with Crippen molar-refractivity contribution in [2.45, 2.75) is 4.90 Å². The minimum absolute atomic E-state index is 0.00249. The first-order valence-corrected chi connectivity index (χ1v) is 11.7. The summed E-state index contributed by atoms with van der Waals surface area (Å²) in [5, 5.41) is 0. The van der Waals surface area contributed by atoms with Crippen LogP contribution in [0.4, 0.5) is 0 Å². The van der Waals surface area contributed by atoms with Crippen LogP contribution in [-0.4, -0.2) is 42.6 Å². The summed E-state index contributed by atoms with van der Waals surface area (Å²) in [6.07, 6.45) is 1.51. The van der Waals surface area contributed by atoms with Crippen LogP contribution in [0.15, 0.2) is 65.3 Å². The Bertz CT molecular complexity index is 1410. The molecule has 10 heteroatoms. The Kier molecular flexibility index (Phi) is 6.57. The van der Waals surface area contributed by atoms with Gasteiger partial charge >= 0.3 is 10.1 Å². The normalized spacial score (nSPS) is 13.7. The molecule has 0 atom stereocenters. The van der Waals surface area contributed by atoms with E-state index >= 15 is 0 Å². The van der Waals surface area contributed by atoms with Gasteiger partial charge in [0.15, 0.2) is 17.3 Å². The van der Waals surface area contributed by atoms with E-state index in [1.165, 1.54) is 77.0 Å². The van der Waals surface area contributed by atoms with Crippen molar-refractivity contribution >= 4 is 22.0 Å². The number of hydrogen-bond acceptors (Lipinski definition) is 9. The minimum atomic E-state index is -4.11. The molecule has 0 aliphatic carbocycles. The Hall–Kier alpha value is -4.18. The molecule has 3 aromatic rings. The van der Waals surface area contributed by atoms with E-state index in [4.69, 9.17) is 27.9 Å². The molecule has 1 aliphatic rings. The number of benzene rings is 3. The molecule has 0 spiro atoms. The number of ketones is 1. The zero-order valence-corrected chi connectivity index (χ0v) is 20.2. The standard InChI is InChI=1S/C25H22O9S/c1-29-16-6-9-18(10-7-16)35(27,28)34-17-8-11-19-21(14-17)33-22(23(19)26)13-15-5-12-20(30-2)25(32-4)24(15)31-3/h5-14H,1-4H3. The van der Waals surface area contributed by atoms with Gasteiger partial charge in [0, 0.05) is 11.6 Å². The third-order valence-electron chi connectivity index (χ3n) is 5.22. The van der Waals surface area contributed by atoms with Gasteiger partial charge < -0.3 is 27.9 Å². The van der Waals surface area contributed by atoms with Crippen LogP contribution in [0.3, 0.4) is 0 Å². The highest BCUT2D eigenvalue weighted by Crippen LogP contribution is 2.42. The fraction of sp³-hybridized carbons (Fsp3) is 0.160. The number of methoxy groups -OCH3 is 4. The van der Waals surface area contributed by atoms with Crippen LogP contribution in [-0.2, 0) is 10.1 Å². The lowest BCUT2D eigenvalue weighted by atomic mass is 10.1. The summed E-state index contributed by atoms with van der Waals surface area (Å²) in [6.45, 7) is 0. The predicted molar refractivity (Wildman–Crippen MR) is 126 cm³/mol. The summed E-state index contributed by atoms with van der Waals surface area (Å²) in [7, 11) is 1.83. The maximum absolute atomic E-state index is 12.9. The van der Waals surface area contributed by atoms with Gasteiger partial charge in [-0.05, 0) is 54.6 Å². The molecule has 1 heterocycles. The zero-order valence-electron chi connectivity index (χ0n) is 19.4. The van der Waals surface area contributed by atoms with E-state index in [0.717, 1.165) is 0 Å². The molecule has 0 fully saturated rings. The van der Waals surface area contributed by atoms with E-state index in [9.17, 15) is 13.2 Å². The number of ether oxygens (including phenoxy) is 5. The average Bonchev–Trinajstić information content (AvgIpc) is 3.17. The molecule has 0 amide bonds. The first kappa shape index (κ1) is 24.0. The lowest BCUT2D eigenvalue weighted by Crippen LogP contribution is -2.09. The van der Waals surface area contributed by atoms with Gasteiger partial charge in [0.05, 0.1) is 34.0 Å². The summed E-state index contributed by atoms with van der Waals surface area (Å²) in [5.74, 6) is 1.53. The van der Waals surface area contributed by atoms with Crippen LogP contribution in [0.1, 0.15) is 15.9 Å². The molecular formula is C25H22O9S. The molecular weight excluding hydrogens is 476 g/mol. The van der Waals surface area contributed by atoms with E-state index in [1.807, 2.05) is 0 Å². The third-order valence-corrected chi connectivity index (χ3v) is 6.48. The van der Waals surface area contributed by atoms with Crippen molar-refractivity contribution in [2.75, 3.05) is 28.4 Å². The first-order chi connectivity index (χ1) is 16.8. The molecule has 0 aromatic heterocycles. The van der Waals surface area contributed by atoms with Crippen molar-refractivity contribution in [1.29, 1.82) is 0 Å². The highest BCUT2D eigenvalue weighted by atomic mass is 32.2. The molecule has 0 saturated heterocycles. The van der Waals surface area contributed by atoms with Gasteiger partial charge in [-0.15, -0.1) is 0 Å². The zero-order chi connectivity index (χ0) is 25.2. The highest BCUT2D eigenvalue weighted by molar-refractivity contribution is 7.87.